The SMILES string of the molecule is Cc1ccc(NC(=O)COC(=O)CCC(=O)c2ccc3c(c2)CCC3)cc1F. The minimum Gasteiger partial charge on any atom is -0.456 e. The van der Waals surface area contributed by atoms with Crippen molar-refractivity contribution in [2.45, 2.75) is 39.0 Å². The summed E-state index contributed by atoms with van der Waals surface area (Å²) in [6.45, 7) is 1.13. The molecule has 1 aliphatic rings. The number of aryl methyl sites for hydroxylation is 3. The smallest absolute Gasteiger partial charge is 0.306 e. The first-order chi connectivity index (χ1) is 13.4. The van der Waals surface area contributed by atoms with Crippen LogP contribution in [0.4, 0.5) is 10.1 Å². The van der Waals surface area contributed by atoms with E-state index in [-0.39, 0.29) is 24.3 Å². The van der Waals surface area contributed by atoms with Gasteiger partial charge in [-0.05, 0) is 61.1 Å². The normalized spacial score (nSPS) is 12.4. The first-order valence-corrected chi connectivity index (χ1v) is 9.29. The van der Waals surface area contributed by atoms with Crippen molar-refractivity contribution in [2.75, 3.05) is 11.9 Å². The van der Waals surface area contributed by atoms with Crippen molar-refractivity contribution in [3.63, 3.8) is 0 Å². The van der Waals surface area contributed by atoms with E-state index in [9.17, 15) is 18.8 Å². The van der Waals surface area contributed by atoms with Crippen molar-refractivity contribution in [2.24, 2.45) is 0 Å². The molecule has 146 valence electrons. The summed E-state index contributed by atoms with van der Waals surface area (Å²) in [6.07, 6.45) is 3.08. The lowest BCUT2D eigenvalue weighted by molar-refractivity contribution is -0.147. The Bertz CT molecular complexity index is 923. The molecule has 1 N–H and O–H groups in total. The van der Waals surface area contributed by atoms with E-state index in [1.165, 1.54) is 17.2 Å². The second-order valence-electron chi connectivity index (χ2n) is 6.93. The van der Waals surface area contributed by atoms with Crippen molar-refractivity contribution in [3.8, 4) is 0 Å². The van der Waals surface area contributed by atoms with Crippen molar-refractivity contribution in [1.29, 1.82) is 0 Å². The van der Waals surface area contributed by atoms with E-state index in [4.69, 9.17) is 4.74 Å². The second kappa shape index (κ2) is 8.78. The number of anilines is 1. The number of carbonyl (C=O) groups excluding carboxylic acids is 3. The monoisotopic (exact) mass is 383 g/mol. The van der Waals surface area contributed by atoms with Gasteiger partial charge in [-0.25, -0.2) is 4.39 Å². The van der Waals surface area contributed by atoms with Crippen LogP contribution in [0.25, 0.3) is 0 Å². The molecular formula is C22H22FNO4. The molecule has 1 amide bonds. The fourth-order valence-electron chi connectivity index (χ4n) is 3.19. The summed E-state index contributed by atoms with van der Waals surface area (Å²) in [5, 5.41) is 2.46. The minimum absolute atomic E-state index is 0.0302. The highest BCUT2D eigenvalue weighted by atomic mass is 19.1. The van der Waals surface area contributed by atoms with Crippen LogP contribution >= 0.6 is 0 Å². The Morgan fingerprint density at radius 3 is 2.61 bits per heavy atom. The van der Waals surface area contributed by atoms with E-state index < -0.39 is 24.3 Å². The molecule has 0 spiro atoms. The van der Waals surface area contributed by atoms with Gasteiger partial charge in [0.25, 0.3) is 5.91 Å². The highest BCUT2D eigenvalue weighted by Crippen LogP contribution is 2.23. The zero-order valence-corrected chi connectivity index (χ0v) is 15.7. The Balaban J connectivity index is 1.42. The molecule has 28 heavy (non-hydrogen) atoms. The molecular weight excluding hydrogens is 361 g/mol. The van der Waals surface area contributed by atoms with Gasteiger partial charge in [-0.15, -0.1) is 0 Å². The first-order valence-electron chi connectivity index (χ1n) is 9.29. The maximum atomic E-state index is 13.5. The Morgan fingerprint density at radius 2 is 1.82 bits per heavy atom. The molecule has 1 aliphatic carbocycles. The predicted molar refractivity (Wildman–Crippen MR) is 103 cm³/mol. The van der Waals surface area contributed by atoms with E-state index in [2.05, 4.69) is 5.32 Å². The largest absolute Gasteiger partial charge is 0.456 e. The van der Waals surface area contributed by atoms with Gasteiger partial charge in [0.1, 0.15) is 5.82 Å². The van der Waals surface area contributed by atoms with Crippen LogP contribution in [0.15, 0.2) is 36.4 Å². The Kier molecular flexibility index (Phi) is 6.19. The Labute approximate surface area is 162 Å². The molecule has 0 aromatic heterocycles. The zero-order valence-electron chi connectivity index (χ0n) is 15.7. The zero-order chi connectivity index (χ0) is 20.1. The number of Topliss-reactive ketones (excluding diaryl/α,β-unsaturated/α-hetero) is 1. The third-order valence-electron chi connectivity index (χ3n) is 4.80. The van der Waals surface area contributed by atoms with Crippen molar-refractivity contribution in [1.82, 2.24) is 0 Å². The topological polar surface area (TPSA) is 72.5 Å². The molecule has 6 heteroatoms. The van der Waals surface area contributed by atoms with Crippen molar-refractivity contribution in [3.05, 3.63) is 64.5 Å². The molecule has 0 aliphatic heterocycles. The van der Waals surface area contributed by atoms with Crippen LogP contribution < -0.4 is 5.32 Å². The molecule has 2 aromatic carbocycles. The summed E-state index contributed by atoms with van der Waals surface area (Å²) in [7, 11) is 0. The summed E-state index contributed by atoms with van der Waals surface area (Å²) in [4.78, 5) is 35.9. The molecule has 3 rings (SSSR count). The first kappa shape index (κ1) is 19.7. The van der Waals surface area contributed by atoms with Gasteiger partial charge in [0.15, 0.2) is 12.4 Å². The number of carbonyl (C=O) groups is 3. The Morgan fingerprint density at radius 1 is 1.04 bits per heavy atom. The van der Waals surface area contributed by atoms with Crippen LogP contribution in [-0.4, -0.2) is 24.3 Å². The average molecular weight is 383 g/mol. The predicted octanol–water partition coefficient (Wildman–Crippen LogP) is 3.77. The number of hydrogen-bond acceptors (Lipinski definition) is 4. The summed E-state index contributed by atoms with van der Waals surface area (Å²) in [6, 6.07) is 9.99. The molecule has 0 unspecified atom stereocenters. The number of halogens is 1. The lowest BCUT2D eigenvalue weighted by Crippen LogP contribution is -2.21. The van der Waals surface area contributed by atoms with E-state index in [1.54, 1.807) is 25.1 Å². The van der Waals surface area contributed by atoms with Crippen LogP contribution in [0.3, 0.4) is 0 Å². The van der Waals surface area contributed by atoms with Gasteiger partial charge in [-0.2, -0.15) is 0 Å². The molecule has 2 aromatic rings. The highest BCUT2D eigenvalue weighted by Gasteiger charge is 2.16. The fraction of sp³-hybridized carbons (Fsp3) is 0.318. The maximum Gasteiger partial charge on any atom is 0.306 e. The molecule has 0 fully saturated rings. The van der Waals surface area contributed by atoms with Crippen LogP contribution in [0.1, 0.15) is 46.3 Å². The molecule has 0 bridgehead atoms. The lowest BCUT2D eigenvalue weighted by Gasteiger charge is -2.08. The number of benzene rings is 2. The van der Waals surface area contributed by atoms with E-state index in [1.807, 2.05) is 12.1 Å². The van der Waals surface area contributed by atoms with E-state index in [0.29, 0.717) is 11.1 Å². The van der Waals surface area contributed by atoms with Crippen LogP contribution in [0.5, 0.6) is 0 Å². The van der Waals surface area contributed by atoms with Gasteiger partial charge in [0, 0.05) is 17.7 Å². The highest BCUT2D eigenvalue weighted by molar-refractivity contribution is 5.98. The van der Waals surface area contributed by atoms with Crippen molar-refractivity contribution < 1.29 is 23.5 Å². The Hall–Kier alpha value is -3.02. The number of ether oxygens (including phenoxy) is 1. The summed E-state index contributed by atoms with van der Waals surface area (Å²) in [5.74, 6) is -1.74. The van der Waals surface area contributed by atoms with Crippen LogP contribution in [0, 0.1) is 12.7 Å². The number of rotatable bonds is 7. The van der Waals surface area contributed by atoms with Gasteiger partial charge in [0.2, 0.25) is 0 Å². The number of fused-ring (bicyclic) bond motifs is 1. The number of hydrogen-bond donors (Lipinski definition) is 1. The third-order valence-corrected chi connectivity index (χ3v) is 4.80. The maximum absolute atomic E-state index is 13.5. The number of esters is 1. The molecule has 0 atom stereocenters. The van der Waals surface area contributed by atoms with Gasteiger partial charge in [-0.3, -0.25) is 14.4 Å². The van der Waals surface area contributed by atoms with E-state index in [0.717, 1.165) is 19.3 Å². The lowest BCUT2D eigenvalue weighted by atomic mass is 10.0. The minimum atomic E-state index is -0.625. The standard InChI is InChI=1S/C22H22FNO4/c1-14-5-8-18(12-19(14)23)24-21(26)13-28-22(27)10-9-20(25)17-7-6-15-3-2-4-16(15)11-17/h5-8,11-12H,2-4,9-10,13H2,1H3,(H,24,26). The van der Waals surface area contributed by atoms with Crippen molar-refractivity contribution >= 4 is 23.3 Å². The summed E-state index contributed by atoms with van der Waals surface area (Å²) in [5.41, 5.74) is 3.86. The van der Waals surface area contributed by atoms with Crippen LogP contribution in [0.2, 0.25) is 0 Å². The average Bonchev–Trinajstić information content (AvgIpc) is 3.15. The molecule has 0 heterocycles. The van der Waals surface area contributed by atoms with Gasteiger partial charge < -0.3 is 10.1 Å². The summed E-state index contributed by atoms with van der Waals surface area (Å²) < 4.78 is 18.4. The number of nitrogens with one attached hydrogen (secondary N) is 1. The number of amides is 1. The van der Waals surface area contributed by atoms with Gasteiger partial charge >= 0.3 is 5.97 Å². The fourth-order valence-corrected chi connectivity index (χ4v) is 3.19. The van der Waals surface area contributed by atoms with Gasteiger partial charge in [0.05, 0.1) is 6.42 Å². The number of ketones is 1. The quantitative estimate of drug-likeness (QED) is 0.584. The molecule has 0 saturated heterocycles. The molecule has 0 radical (unpaired) electrons. The molecule has 5 nitrogen and oxygen atoms in total. The third kappa shape index (κ3) is 5.03. The molecule has 0 saturated carbocycles. The van der Waals surface area contributed by atoms with Gasteiger partial charge in [-0.1, -0.05) is 18.2 Å². The van der Waals surface area contributed by atoms with E-state index >= 15 is 0 Å². The summed E-state index contributed by atoms with van der Waals surface area (Å²) >= 11 is 0. The second-order valence-corrected chi connectivity index (χ2v) is 6.93. The van der Waals surface area contributed by atoms with Crippen LogP contribution in [-0.2, 0) is 27.2 Å².